The van der Waals surface area contributed by atoms with E-state index in [9.17, 15) is 4.79 Å². The molecule has 27 heavy (non-hydrogen) atoms. The first-order valence-corrected chi connectivity index (χ1v) is 10.2. The minimum Gasteiger partial charge on any atom is -0.359 e. The number of carbonyl (C=O) groups excluding carboxylic acids is 1. The Bertz CT molecular complexity index is 925. The summed E-state index contributed by atoms with van der Waals surface area (Å²) in [5.74, 6) is 0.207. The maximum Gasteiger partial charge on any atom is 0.230 e. The van der Waals surface area contributed by atoms with E-state index in [2.05, 4.69) is 15.4 Å². The Morgan fingerprint density at radius 3 is 2.63 bits per heavy atom. The van der Waals surface area contributed by atoms with Crippen molar-refractivity contribution in [1.82, 2.24) is 19.5 Å². The molecule has 4 rings (SSSR count). The SMILES string of the molecule is CN(C)C(=O)C1(CNc2nn3cc(-c4ccc(Cl)cc4)nc3s2)CCCC1. The quantitative estimate of drug-likeness (QED) is 0.694. The van der Waals surface area contributed by atoms with E-state index in [-0.39, 0.29) is 11.3 Å². The summed E-state index contributed by atoms with van der Waals surface area (Å²) in [7, 11) is 3.66. The van der Waals surface area contributed by atoms with E-state index >= 15 is 0 Å². The van der Waals surface area contributed by atoms with Crippen molar-refractivity contribution < 1.29 is 4.79 Å². The standard InChI is InChI=1S/C19H22ClN5OS/c1-24(2)16(26)19(9-3-4-10-19)12-21-17-23-25-11-15(22-18(25)27-17)13-5-7-14(20)8-6-13/h5-8,11H,3-4,9-10,12H2,1-2H3,(H,21,23). The average Bonchev–Trinajstić information content (AvgIpc) is 3.35. The molecule has 0 spiro atoms. The maximum absolute atomic E-state index is 12.7. The van der Waals surface area contributed by atoms with Crippen molar-refractivity contribution >= 4 is 38.9 Å². The summed E-state index contributed by atoms with van der Waals surface area (Å²) in [6, 6.07) is 7.61. The van der Waals surface area contributed by atoms with Crippen LogP contribution in [0.1, 0.15) is 25.7 Å². The van der Waals surface area contributed by atoms with Crippen LogP contribution in [0.15, 0.2) is 30.5 Å². The number of hydrogen-bond donors (Lipinski definition) is 1. The van der Waals surface area contributed by atoms with Crippen LogP contribution in [-0.4, -0.2) is 46.0 Å². The zero-order valence-electron chi connectivity index (χ0n) is 15.4. The summed E-state index contributed by atoms with van der Waals surface area (Å²) in [6.45, 7) is 0.616. The molecule has 6 nitrogen and oxygen atoms in total. The Hall–Kier alpha value is -2.12. The van der Waals surface area contributed by atoms with E-state index < -0.39 is 0 Å². The first kappa shape index (κ1) is 18.3. The highest BCUT2D eigenvalue weighted by Gasteiger charge is 2.42. The van der Waals surface area contributed by atoms with E-state index in [1.165, 1.54) is 11.3 Å². The zero-order valence-corrected chi connectivity index (χ0v) is 17.0. The molecule has 0 saturated heterocycles. The molecular weight excluding hydrogens is 382 g/mol. The fraction of sp³-hybridized carbons (Fsp3) is 0.421. The smallest absolute Gasteiger partial charge is 0.230 e. The topological polar surface area (TPSA) is 62.5 Å². The summed E-state index contributed by atoms with van der Waals surface area (Å²) in [5, 5.41) is 9.47. The number of benzene rings is 1. The van der Waals surface area contributed by atoms with Crippen LogP contribution >= 0.6 is 22.9 Å². The van der Waals surface area contributed by atoms with E-state index in [1.54, 1.807) is 9.42 Å². The van der Waals surface area contributed by atoms with Gasteiger partial charge in [0.1, 0.15) is 0 Å². The van der Waals surface area contributed by atoms with Crippen LogP contribution in [0.4, 0.5) is 5.13 Å². The minimum atomic E-state index is -0.314. The first-order chi connectivity index (χ1) is 13.0. The van der Waals surface area contributed by atoms with Gasteiger partial charge < -0.3 is 10.2 Å². The van der Waals surface area contributed by atoms with Gasteiger partial charge in [0.05, 0.1) is 17.3 Å². The molecule has 0 bridgehead atoms. The molecule has 1 amide bonds. The molecule has 3 aromatic rings. The number of imidazole rings is 1. The monoisotopic (exact) mass is 403 g/mol. The lowest BCUT2D eigenvalue weighted by atomic mass is 9.84. The molecule has 1 aliphatic rings. The summed E-state index contributed by atoms with van der Waals surface area (Å²) < 4.78 is 1.78. The van der Waals surface area contributed by atoms with Crippen molar-refractivity contribution in [3.8, 4) is 11.3 Å². The normalized spacial score (nSPS) is 16.0. The lowest BCUT2D eigenvalue weighted by Crippen LogP contribution is -2.43. The number of hydrogen-bond acceptors (Lipinski definition) is 5. The van der Waals surface area contributed by atoms with Crippen LogP contribution in [-0.2, 0) is 4.79 Å². The second kappa shape index (κ2) is 7.13. The van der Waals surface area contributed by atoms with Gasteiger partial charge in [0.15, 0.2) is 0 Å². The van der Waals surface area contributed by atoms with Crippen LogP contribution < -0.4 is 5.32 Å². The van der Waals surface area contributed by atoms with Gasteiger partial charge in [-0.1, -0.05) is 47.9 Å². The largest absolute Gasteiger partial charge is 0.359 e. The van der Waals surface area contributed by atoms with Crippen molar-refractivity contribution in [2.24, 2.45) is 5.41 Å². The van der Waals surface area contributed by atoms with Gasteiger partial charge in [-0.25, -0.2) is 9.50 Å². The average molecular weight is 404 g/mol. The molecule has 1 aromatic carbocycles. The molecule has 0 unspecified atom stereocenters. The van der Waals surface area contributed by atoms with E-state index in [4.69, 9.17) is 11.6 Å². The number of nitrogens with zero attached hydrogens (tertiary/aromatic N) is 4. The third kappa shape index (κ3) is 3.53. The molecule has 1 aliphatic carbocycles. The Kier molecular flexibility index (Phi) is 4.82. The fourth-order valence-corrected chi connectivity index (χ4v) is 4.67. The zero-order chi connectivity index (χ0) is 19.0. The van der Waals surface area contributed by atoms with Gasteiger partial charge in [0.2, 0.25) is 16.0 Å². The Balaban J connectivity index is 1.50. The number of carbonyl (C=O) groups is 1. The van der Waals surface area contributed by atoms with Crippen molar-refractivity contribution in [1.29, 1.82) is 0 Å². The first-order valence-electron chi connectivity index (χ1n) is 9.05. The molecule has 1 saturated carbocycles. The molecule has 1 fully saturated rings. The number of fused-ring (bicyclic) bond motifs is 1. The molecule has 2 aromatic heterocycles. The molecule has 2 heterocycles. The van der Waals surface area contributed by atoms with E-state index in [0.717, 1.165) is 47.0 Å². The van der Waals surface area contributed by atoms with Crippen LogP contribution in [0.2, 0.25) is 5.02 Å². The van der Waals surface area contributed by atoms with Crippen LogP contribution in [0, 0.1) is 5.41 Å². The summed E-state index contributed by atoms with van der Waals surface area (Å²) in [6.07, 6.45) is 5.98. The predicted octanol–water partition coefficient (Wildman–Crippen LogP) is 4.17. The second-order valence-electron chi connectivity index (χ2n) is 7.31. The van der Waals surface area contributed by atoms with Crippen LogP contribution in [0.25, 0.3) is 16.2 Å². The summed E-state index contributed by atoms with van der Waals surface area (Å²) >= 11 is 7.44. The van der Waals surface area contributed by atoms with Crippen molar-refractivity contribution in [2.45, 2.75) is 25.7 Å². The summed E-state index contributed by atoms with van der Waals surface area (Å²) in [5.41, 5.74) is 1.56. The van der Waals surface area contributed by atoms with E-state index in [1.807, 2.05) is 44.6 Å². The predicted molar refractivity (Wildman–Crippen MR) is 109 cm³/mol. The Labute approximate surface area is 167 Å². The third-order valence-corrected chi connectivity index (χ3v) is 6.31. The molecular formula is C19H22ClN5OS. The van der Waals surface area contributed by atoms with Crippen molar-refractivity contribution in [2.75, 3.05) is 26.0 Å². The lowest BCUT2D eigenvalue weighted by Gasteiger charge is -2.30. The van der Waals surface area contributed by atoms with Gasteiger partial charge in [0.25, 0.3) is 0 Å². The Morgan fingerprint density at radius 1 is 1.30 bits per heavy atom. The highest BCUT2D eigenvalue weighted by molar-refractivity contribution is 7.20. The lowest BCUT2D eigenvalue weighted by molar-refractivity contribution is -0.138. The molecule has 1 N–H and O–H groups in total. The minimum absolute atomic E-state index is 0.207. The van der Waals surface area contributed by atoms with Crippen molar-refractivity contribution in [3.63, 3.8) is 0 Å². The van der Waals surface area contributed by atoms with Gasteiger partial charge in [0, 0.05) is 31.2 Å². The van der Waals surface area contributed by atoms with Gasteiger partial charge in [-0.2, -0.15) is 0 Å². The van der Waals surface area contributed by atoms with Gasteiger partial charge in [-0.05, 0) is 25.0 Å². The molecule has 0 aliphatic heterocycles. The highest BCUT2D eigenvalue weighted by atomic mass is 35.5. The van der Waals surface area contributed by atoms with Gasteiger partial charge >= 0.3 is 0 Å². The number of amides is 1. The number of nitrogens with one attached hydrogen (secondary N) is 1. The van der Waals surface area contributed by atoms with Crippen LogP contribution in [0.5, 0.6) is 0 Å². The maximum atomic E-state index is 12.7. The molecule has 0 radical (unpaired) electrons. The van der Waals surface area contributed by atoms with E-state index in [0.29, 0.717) is 11.6 Å². The number of anilines is 1. The second-order valence-corrected chi connectivity index (χ2v) is 8.70. The van der Waals surface area contributed by atoms with Gasteiger partial charge in [-0.3, -0.25) is 4.79 Å². The van der Waals surface area contributed by atoms with Crippen LogP contribution in [0.3, 0.4) is 0 Å². The summed E-state index contributed by atoms with van der Waals surface area (Å²) in [4.78, 5) is 19.9. The number of halogens is 1. The van der Waals surface area contributed by atoms with Crippen molar-refractivity contribution in [3.05, 3.63) is 35.5 Å². The molecule has 0 atom stereocenters. The fourth-order valence-electron chi connectivity index (χ4n) is 3.77. The number of rotatable bonds is 5. The Morgan fingerprint density at radius 2 is 2.00 bits per heavy atom. The van der Waals surface area contributed by atoms with Gasteiger partial charge in [-0.15, -0.1) is 5.10 Å². The third-order valence-electron chi connectivity index (χ3n) is 5.18. The highest BCUT2D eigenvalue weighted by Crippen LogP contribution is 2.40. The molecule has 8 heteroatoms. The molecule has 142 valence electrons. The number of aromatic nitrogens is 3.